The quantitative estimate of drug-likeness (QED) is 0.705. The molecule has 4 heteroatoms. The van der Waals surface area contributed by atoms with Crippen molar-refractivity contribution in [3.05, 3.63) is 23.7 Å². The molecule has 0 aliphatic heterocycles. The lowest BCUT2D eigenvalue weighted by Crippen LogP contribution is -1.97. The molecule has 0 bridgehead atoms. The highest BCUT2D eigenvalue weighted by atomic mass is 35.5. The summed E-state index contributed by atoms with van der Waals surface area (Å²) in [5, 5.41) is -0.588. The van der Waals surface area contributed by atoms with Gasteiger partial charge in [0.1, 0.15) is 11.9 Å². The zero-order chi connectivity index (χ0) is 9.84. The third kappa shape index (κ3) is 2.57. The number of carbonyl (C=O) groups is 1. The summed E-state index contributed by atoms with van der Waals surface area (Å²) in [5.74, 6) is 0.772. The normalized spacial score (nSPS) is 12.8. The second kappa shape index (κ2) is 4.44. The van der Waals surface area contributed by atoms with Crippen molar-refractivity contribution in [2.75, 3.05) is 6.61 Å². The first kappa shape index (κ1) is 10.3. The Morgan fingerprint density at radius 1 is 1.69 bits per heavy atom. The molecule has 0 radical (unpaired) electrons. The maximum absolute atomic E-state index is 10.7. The van der Waals surface area contributed by atoms with Crippen molar-refractivity contribution >= 4 is 16.8 Å². The van der Waals surface area contributed by atoms with Crippen molar-refractivity contribution < 1.29 is 13.9 Å². The van der Waals surface area contributed by atoms with Crippen LogP contribution in [-0.2, 0) is 4.74 Å². The Hall–Kier alpha value is -0.800. The number of ether oxygens (including phenoxy) is 1. The van der Waals surface area contributed by atoms with Crippen molar-refractivity contribution in [1.82, 2.24) is 0 Å². The van der Waals surface area contributed by atoms with Gasteiger partial charge in [0.05, 0.1) is 0 Å². The van der Waals surface area contributed by atoms with Gasteiger partial charge in [-0.1, -0.05) is 0 Å². The van der Waals surface area contributed by atoms with Crippen LogP contribution in [0.1, 0.15) is 36.3 Å². The van der Waals surface area contributed by atoms with Crippen molar-refractivity contribution in [3.8, 4) is 0 Å². The third-order valence-electron chi connectivity index (χ3n) is 1.64. The fourth-order valence-electron chi connectivity index (χ4n) is 1.01. The molecule has 72 valence electrons. The van der Waals surface area contributed by atoms with Gasteiger partial charge in [-0.3, -0.25) is 4.79 Å². The van der Waals surface area contributed by atoms with E-state index in [9.17, 15) is 4.79 Å². The van der Waals surface area contributed by atoms with Gasteiger partial charge in [-0.25, -0.2) is 0 Å². The fraction of sp³-hybridized carbons (Fsp3) is 0.444. The van der Waals surface area contributed by atoms with Gasteiger partial charge in [0.15, 0.2) is 5.76 Å². The van der Waals surface area contributed by atoms with Crippen molar-refractivity contribution in [1.29, 1.82) is 0 Å². The lowest BCUT2D eigenvalue weighted by Gasteiger charge is -2.07. The van der Waals surface area contributed by atoms with Gasteiger partial charge in [0.2, 0.25) is 0 Å². The molecule has 1 rings (SSSR count). The molecule has 0 aliphatic rings. The Morgan fingerprint density at radius 2 is 2.38 bits per heavy atom. The van der Waals surface area contributed by atoms with Gasteiger partial charge >= 0.3 is 0 Å². The number of hydrogen-bond acceptors (Lipinski definition) is 3. The fourth-order valence-corrected chi connectivity index (χ4v) is 1.11. The number of rotatable bonds is 4. The zero-order valence-corrected chi connectivity index (χ0v) is 8.30. The van der Waals surface area contributed by atoms with Crippen LogP contribution < -0.4 is 0 Å². The topological polar surface area (TPSA) is 39.4 Å². The summed E-state index contributed by atoms with van der Waals surface area (Å²) in [5.41, 5.74) is 0. The van der Waals surface area contributed by atoms with Crippen molar-refractivity contribution in [3.63, 3.8) is 0 Å². The van der Waals surface area contributed by atoms with E-state index in [2.05, 4.69) is 0 Å². The van der Waals surface area contributed by atoms with Crippen LogP contribution in [0.15, 0.2) is 16.5 Å². The lowest BCUT2D eigenvalue weighted by molar-refractivity contribution is 0.0594. The number of furan rings is 1. The van der Waals surface area contributed by atoms with Crippen LogP contribution >= 0.6 is 11.6 Å². The van der Waals surface area contributed by atoms with E-state index in [4.69, 9.17) is 20.8 Å². The van der Waals surface area contributed by atoms with Crippen LogP contribution in [0.3, 0.4) is 0 Å². The van der Waals surface area contributed by atoms with E-state index >= 15 is 0 Å². The number of hydrogen-bond donors (Lipinski definition) is 0. The SMILES string of the molecule is CCOC(C)c1ccc(C(=O)Cl)o1. The summed E-state index contributed by atoms with van der Waals surface area (Å²) in [6, 6.07) is 3.23. The molecule has 0 aromatic carbocycles. The summed E-state index contributed by atoms with van der Waals surface area (Å²) in [7, 11) is 0. The maximum Gasteiger partial charge on any atom is 0.287 e. The summed E-state index contributed by atoms with van der Waals surface area (Å²) in [4.78, 5) is 10.7. The summed E-state index contributed by atoms with van der Waals surface area (Å²) in [6.45, 7) is 4.35. The second-order valence-corrected chi connectivity index (χ2v) is 2.92. The highest BCUT2D eigenvalue weighted by Crippen LogP contribution is 2.20. The molecule has 0 spiro atoms. The highest BCUT2D eigenvalue weighted by molar-refractivity contribution is 6.67. The number of halogens is 1. The van der Waals surface area contributed by atoms with Crippen LogP contribution in [0.25, 0.3) is 0 Å². The van der Waals surface area contributed by atoms with E-state index in [1.165, 1.54) is 0 Å². The van der Waals surface area contributed by atoms with Gasteiger partial charge in [-0.05, 0) is 37.6 Å². The molecule has 0 N–H and O–H groups in total. The van der Waals surface area contributed by atoms with Crippen LogP contribution in [0.2, 0.25) is 0 Å². The lowest BCUT2D eigenvalue weighted by atomic mass is 10.3. The molecular weight excluding hydrogens is 192 g/mol. The Balaban J connectivity index is 2.73. The monoisotopic (exact) mass is 202 g/mol. The second-order valence-electron chi connectivity index (χ2n) is 2.57. The minimum absolute atomic E-state index is 0.144. The Kier molecular flexibility index (Phi) is 3.51. The van der Waals surface area contributed by atoms with Crippen molar-refractivity contribution in [2.24, 2.45) is 0 Å². The molecule has 1 unspecified atom stereocenters. The maximum atomic E-state index is 10.7. The smallest absolute Gasteiger partial charge is 0.287 e. The van der Waals surface area contributed by atoms with Crippen LogP contribution in [-0.4, -0.2) is 11.8 Å². The van der Waals surface area contributed by atoms with Gasteiger partial charge in [-0.15, -0.1) is 0 Å². The molecule has 1 aromatic rings. The van der Waals surface area contributed by atoms with Gasteiger partial charge in [-0.2, -0.15) is 0 Å². The van der Waals surface area contributed by atoms with E-state index < -0.39 is 5.24 Å². The largest absolute Gasteiger partial charge is 0.454 e. The minimum atomic E-state index is -0.588. The molecule has 1 atom stereocenters. The standard InChI is InChI=1S/C9H11ClO3/c1-3-12-6(2)7-4-5-8(13-7)9(10)11/h4-6H,3H2,1-2H3. The predicted molar refractivity (Wildman–Crippen MR) is 48.9 cm³/mol. The van der Waals surface area contributed by atoms with E-state index in [1.54, 1.807) is 12.1 Å². The predicted octanol–water partition coefficient (Wildman–Crippen LogP) is 2.76. The first-order chi connectivity index (χ1) is 6.15. The van der Waals surface area contributed by atoms with E-state index in [0.717, 1.165) is 0 Å². The molecule has 1 heterocycles. The van der Waals surface area contributed by atoms with Gasteiger partial charge in [0, 0.05) is 6.61 Å². The first-order valence-electron chi connectivity index (χ1n) is 4.06. The highest BCUT2D eigenvalue weighted by Gasteiger charge is 2.12. The van der Waals surface area contributed by atoms with E-state index in [0.29, 0.717) is 12.4 Å². The average Bonchev–Trinajstić information content (AvgIpc) is 2.52. The van der Waals surface area contributed by atoms with Crippen LogP contribution in [0.4, 0.5) is 0 Å². The minimum Gasteiger partial charge on any atom is -0.454 e. The average molecular weight is 203 g/mol. The Morgan fingerprint density at radius 3 is 2.85 bits per heavy atom. The summed E-state index contributed by atoms with van der Waals surface area (Å²) >= 11 is 5.22. The molecule has 0 amide bonds. The number of carbonyl (C=O) groups excluding carboxylic acids is 1. The Bertz CT molecular complexity index is 293. The van der Waals surface area contributed by atoms with Crippen molar-refractivity contribution in [2.45, 2.75) is 20.0 Å². The zero-order valence-electron chi connectivity index (χ0n) is 7.54. The van der Waals surface area contributed by atoms with E-state index in [-0.39, 0.29) is 11.9 Å². The molecule has 3 nitrogen and oxygen atoms in total. The van der Waals surface area contributed by atoms with Crippen LogP contribution in [0.5, 0.6) is 0 Å². The third-order valence-corrected chi connectivity index (χ3v) is 1.82. The summed E-state index contributed by atoms with van der Waals surface area (Å²) < 4.78 is 10.4. The summed E-state index contributed by atoms with van der Waals surface area (Å²) in [6.07, 6.45) is -0.144. The molecule has 1 aromatic heterocycles. The molecule has 13 heavy (non-hydrogen) atoms. The van der Waals surface area contributed by atoms with Gasteiger partial charge in [0.25, 0.3) is 5.24 Å². The molecule has 0 aliphatic carbocycles. The van der Waals surface area contributed by atoms with E-state index in [1.807, 2.05) is 13.8 Å². The Labute approximate surface area is 81.6 Å². The molecule has 0 fully saturated rings. The molecule has 0 saturated heterocycles. The van der Waals surface area contributed by atoms with Gasteiger partial charge < -0.3 is 9.15 Å². The van der Waals surface area contributed by atoms with Crippen LogP contribution in [0, 0.1) is 0 Å². The molecule has 0 saturated carbocycles. The first-order valence-corrected chi connectivity index (χ1v) is 4.44. The molecular formula is C9H11ClO3.